The number of nitrogens with one attached hydrogen (secondary N) is 3. The van der Waals surface area contributed by atoms with Crippen LogP contribution >= 0.6 is 24.8 Å². The number of rotatable bonds is 5. The molecule has 0 saturated carbocycles. The third kappa shape index (κ3) is 6.52. The number of halogens is 2. The highest BCUT2D eigenvalue weighted by Gasteiger charge is 2.05. The van der Waals surface area contributed by atoms with Crippen LogP contribution in [0, 0.1) is 5.41 Å². The predicted octanol–water partition coefficient (Wildman–Crippen LogP) is 2.00. The van der Waals surface area contributed by atoms with Crippen molar-refractivity contribution in [2.24, 2.45) is 5.73 Å². The standard InChI is InChI=1S/C12H20N4O.2ClH/c1-3-15-12(14)16-10-5-4-9(6-7-13)8-11(10)17-2;;/h4-5,8H,3,6-7,13H2,1-2H3,(H3,14,15,16);2*1H. The lowest BCUT2D eigenvalue weighted by Gasteiger charge is -2.13. The van der Waals surface area contributed by atoms with Crippen LogP contribution in [0.15, 0.2) is 18.2 Å². The minimum atomic E-state index is 0. The van der Waals surface area contributed by atoms with Crippen LogP contribution in [0.1, 0.15) is 12.5 Å². The molecule has 1 aromatic carbocycles. The van der Waals surface area contributed by atoms with Crippen molar-refractivity contribution in [2.75, 3.05) is 25.5 Å². The topological polar surface area (TPSA) is 83.2 Å². The van der Waals surface area contributed by atoms with Gasteiger partial charge in [0.05, 0.1) is 12.8 Å². The number of guanidine groups is 1. The van der Waals surface area contributed by atoms with E-state index in [1.54, 1.807) is 7.11 Å². The zero-order valence-corrected chi connectivity index (χ0v) is 12.8. The summed E-state index contributed by atoms with van der Waals surface area (Å²) in [5, 5.41) is 13.5. The molecule has 0 aliphatic rings. The van der Waals surface area contributed by atoms with Crippen LogP contribution in [0.2, 0.25) is 0 Å². The first-order chi connectivity index (χ1) is 8.21. The van der Waals surface area contributed by atoms with Crippen LogP contribution in [0.3, 0.4) is 0 Å². The van der Waals surface area contributed by atoms with E-state index < -0.39 is 0 Å². The molecule has 5 N–H and O–H groups in total. The van der Waals surface area contributed by atoms with Gasteiger partial charge >= 0.3 is 0 Å². The Kier molecular flexibility index (Phi) is 11.4. The van der Waals surface area contributed by atoms with Gasteiger partial charge in [-0.15, -0.1) is 24.8 Å². The highest BCUT2D eigenvalue weighted by atomic mass is 35.5. The lowest BCUT2D eigenvalue weighted by molar-refractivity contribution is 0.416. The third-order valence-corrected chi connectivity index (χ3v) is 2.31. The monoisotopic (exact) mass is 308 g/mol. The summed E-state index contributed by atoms with van der Waals surface area (Å²) in [6.45, 7) is 3.26. The highest BCUT2D eigenvalue weighted by molar-refractivity contribution is 5.92. The van der Waals surface area contributed by atoms with E-state index in [0.29, 0.717) is 13.1 Å². The molecule has 0 unspecified atom stereocenters. The van der Waals surface area contributed by atoms with E-state index in [0.717, 1.165) is 23.4 Å². The molecule has 0 atom stereocenters. The largest absolute Gasteiger partial charge is 0.495 e. The highest BCUT2D eigenvalue weighted by Crippen LogP contribution is 2.25. The van der Waals surface area contributed by atoms with Gasteiger partial charge in [0.15, 0.2) is 5.96 Å². The lowest BCUT2D eigenvalue weighted by Crippen LogP contribution is -2.29. The van der Waals surface area contributed by atoms with Gasteiger partial charge in [0.25, 0.3) is 0 Å². The molecule has 0 aliphatic heterocycles. The minimum absolute atomic E-state index is 0. The number of hydrogen-bond acceptors (Lipinski definition) is 3. The molecule has 0 aromatic heterocycles. The van der Waals surface area contributed by atoms with Crippen molar-refractivity contribution < 1.29 is 4.74 Å². The van der Waals surface area contributed by atoms with Gasteiger partial charge in [-0.05, 0) is 37.6 Å². The van der Waals surface area contributed by atoms with E-state index >= 15 is 0 Å². The maximum Gasteiger partial charge on any atom is 0.193 e. The molecule has 0 heterocycles. The normalized spacial score (nSPS) is 8.79. The maximum absolute atomic E-state index is 7.63. The second-order valence-electron chi connectivity index (χ2n) is 3.60. The number of hydrogen-bond donors (Lipinski definition) is 4. The first-order valence-electron chi connectivity index (χ1n) is 5.67. The van der Waals surface area contributed by atoms with Gasteiger partial charge in [0.1, 0.15) is 5.75 Å². The number of methoxy groups -OCH3 is 1. The van der Waals surface area contributed by atoms with Crippen molar-refractivity contribution in [2.45, 2.75) is 13.3 Å². The van der Waals surface area contributed by atoms with E-state index in [1.165, 1.54) is 0 Å². The number of nitrogens with two attached hydrogens (primary N) is 1. The van der Waals surface area contributed by atoms with E-state index in [2.05, 4.69) is 10.6 Å². The zero-order valence-electron chi connectivity index (χ0n) is 11.2. The quantitative estimate of drug-likeness (QED) is 0.495. The van der Waals surface area contributed by atoms with Crippen molar-refractivity contribution in [1.82, 2.24) is 5.32 Å². The van der Waals surface area contributed by atoms with E-state index in [9.17, 15) is 0 Å². The van der Waals surface area contributed by atoms with Crippen LogP contribution in [0.5, 0.6) is 5.75 Å². The zero-order chi connectivity index (χ0) is 12.7. The Bertz CT molecular complexity index is 388. The number of ether oxygens (including phenoxy) is 1. The molecule has 7 heteroatoms. The maximum atomic E-state index is 7.63. The van der Waals surface area contributed by atoms with Crippen molar-refractivity contribution in [3.63, 3.8) is 0 Å². The van der Waals surface area contributed by atoms with Crippen LogP contribution in [-0.4, -0.2) is 26.2 Å². The SMILES string of the molecule is CCNC(=N)Nc1ccc(CCN)cc1OC.Cl.Cl. The van der Waals surface area contributed by atoms with Crippen molar-refractivity contribution in [3.8, 4) is 5.75 Å². The molecule has 0 radical (unpaired) electrons. The molecule has 0 aliphatic carbocycles. The fraction of sp³-hybridized carbons (Fsp3) is 0.417. The van der Waals surface area contributed by atoms with Gasteiger partial charge in [-0.2, -0.15) is 0 Å². The fourth-order valence-corrected chi connectivity index (χ4v) is 1.52. The summed E-state index contributed by atoms with van der Waals surface area (Å²) in [5.41, 5.74) is 7.42. The fourth-order valence-electron chi connectivity index (χ4n) is 1.52. The first-order valence-corrected chi connectivity index (χ1v) is 5.67. The smallest absolute Gasteiger partial charge is 0.193 e. The van der Waals surface area contributed by atoms with Crippen molar-refractivity contribution in [1.29, 1.82) is 5.41 Å². The Morgan fingerprint density at radius 1 is 1.37 bits per heavy atom. The molecule has 5 nitrogen and oxygen atoms in total. The predicted molar refractivity (Wildman–Crippen MR) is 85.3 cm³/mol. The molecular weight excluding hydrogens is 287 g/mol. The van der Waals surface area contributed by atoms with Crippen LogP contribution in [-0.2, 0) is 6.42 Å². The second kappa shape index (κ2) is 10.7. The van der Waals surface area contributed by atoms with Crippen molar-refractivity contribution >= 4 is 36.5 Å². The molecule has 0 spiro atoms. The Labute approximate surface area is 126 Å². The van der Waals surface area contributed by atoms with Gasteiger partial charge in [0.2, 0.25) is 0 Å². The third-order valence-electron chi connectivity index (χ3n) is 2.31. The summed E-state index contributed by atoms with van der Waals surface area (Å²) < 4.78 is 5.28. The van der Waals surface area contributed by atoms with Gasteiger partial charge in [0, 0.05) is 6.54 Å². The Hall–Kier alpha value is -1.17. The Balaban J connectivity index is 0. The summed E-state index contributed by atoms with van der Waals surface area (Å²) in [6, 6.07) is 5.82. The lowest BCUT2D eigenvalue weighted by atomic mass is 10.1. The van der Waals surface area contributed by atoms with E-state index in [-0.39, 0.29) is 30.8 Å². The average molecular weight is 309 g/mol. The summed E-state index contributed by atoms with van der Waals surface area (Å²) in [7, 11) is 1.61. The van der Waals surface area contributed by atoms with Gasteiger partial charge in [-0.1, -0.05) is 6.07 Å². The molecule has 0 saturated heterocycles. The second-order valence-corrected chi connectivity index (χ2v) is 3.60. The molecule has 110 valence electrons. The van der Waals surface area contributed by atoms with Crippen LogP contribution in [0.4, 0.5) is 5.69 Å². The summed E-state index contributed by atoms with van der Waals surface area (Å²) in [4.78, 5) is 0. The minimum Gasteiger partial charge on any atom is -0.495 e. The number of anilines is 1. The first kappa shape index (κ1) is 20.2. The number of benzene rings is 1. The molecule has 1 aromatic rings. The van der Waals surface area contributed by atoms with Gasteiger partial charge < -0.3 is 21.1 Å². The molecule has 1 rings (SSSR count). The summed E-state index contributed by atoms with van der Waals surface area (Å²) in [6.07, 6.45) is 0.821. The van der Waals surface area contributed by atoms with Gasteiger partial charge in [-0.25, -0.2) is 0 Å². The van der Waals surface area contributed by atoms with Crippen molar-refractivity contribution in [3.05, 3.63) is 23.8 Å². The van der Waals surface area contributed by atoms with Gasteiger partial charge in [-0.3, -0.25) is 5.41 Å². The molecule has 19 heavy (non-hydrogen) atoms. The van der Waals surface area contributed by atoms with E-state index in [4.69, 9.17) is 15.9 Å². The summed E-state index contributed by atoms with van der Waals surface area (Å²) >= 11 is 0. The summed E-state index contributed by atoms with van der Waals surface area (Å²) in [5.74, 6) is 0.982. The Morgan fingerprint density at radius 3 is 2.58 bits per heavy atom. The van der Waals surface area contributed by atoms with E-state index in [1.807, 2.05) is 25.1 Å². The molecule has 0 bridgehead atoms. The molecule has 0 amide bonds. The van der Waals surface area contributed by atoms with Crippen LogP contribution in [0.25, 0.3) is 0 Å². The Morgan fingerprint density at radius 2 is 2.05 bits per heavy atom. The van der Waals surface area contributed by atoms with Crippen LogP contribution < -0.4 is 21.1 Å². The molecular formula is C12H22Cl2N4O. The average Bonchev–Trinajstić information content (AvgIpc) is 2.31. The molecule has 0 fully saturated rings.